The molecule has 1 aliphatic rings. The number of nitrogens with zero attached hydrogens (tertiary/aromatic N) is 1. The maximum atomic E-state index is 13.9. The van der Waals surface area contributed by atoms with Crippen LogP contribution >= 0.6 is 11.8 Å². The van der Waals surface area contributed by atoms with Gasteiger partial charge < -0.3 is 4.90 Å². The van der Waals surface area contributed by atoms with E-state index in [-0.39, 0.29) is 0 Å². The second-order valence-corrected chi connectivity index (χ2v) is 6.72. The van der Waals surface area contributed by atoms with Gasteiger partial charge in [-0.05, 0) is 30.7 Å². The van der Waals surface area contributed by atoms with Crippen molar-refractivity contribution >= 4 is 23.4 Å². The van der Waals surface area contributed by atoms with Gasteiger partial charge in [-0.3, -0.25) is 4.79 Å². The summed E-state index contributed by atoms with van der Waals surface area (Å²) in [6.07, 6.45) is 0.765. The zero-order chi connectivity index (χ0) is 15.7. The van der Waals surface area contributed by atoms with Crippen molar-refractivity contribution in [2.75, 3.05) is 11.4 Å². The Labute approximate surface area is 132 Å². The molecule has 0 saturated carbocycles. The van der Waals surface area contributed by atoms with Gasteiger partial charge in [-0.15, -0.1) is 11.8 Å². The summed E-state index contributed by atoms with van der Waals surface area (Å²) in [6.45, 7) is 2.52. The molecule has 1 amide bonds. The molecule has 0 radical (unpaired) electrons. The van der Waals surface area contributed by atoms with E-state index >= 15 is 0 Å². The van der Waals surface area contributed by atoms with Crippen LogP contribution in [-0.4, -0.2) is 17.7 Å². The van der Waals surface area contributed by atoms with E-state index in [9.17, 15) is 13.6 Å². The number of rotatable bonds is 1. The highest BCUT2D eigenvalue weighted by Crippen LogP contribution is 2.38. The summed E-state index contributed by atoms with van der Waals surface area (Å²) < 4.78 is 27.8. The first-order valence-corrected chi connectivity index (χ1v) is 7.97. The number of halogens is 2. The Morgan fingerprint density at radius 3 is 2.55 bits per heavy atom. The first kappa shape index (κ1) is 15.0. The van der Waals surface area contributed by atoms with Crippen molar-refractivity contribution in [1.82, 2.24) is 0 Å². The summed E-state index contributed by atoms with van der Waals surface area (Å²) in [5, 5.41) is 0.337. The Balaban J connectivity index is 2.06. The Morgan fingerprint density at radius 1 is 1.14 bits per heavy atom. The van der Waals surface area contributed by atoms with Crippen LogP contribution in [0.5, 0.6) is 0 Å². The monoisotopic (exact) mass is 319 g/mol. The van der Waals surface area contributed by atoms with Crippen molar-refractivity contribution in [2.45, 2.75) is 23.5 Å². The number of amides is 1. The summed E-state index contributed by atoms with van der Waals surface area (Å²) in [7, 11) is 0. The number of fused-ring (bicyclic) bond motifs is 1. The molecule has 0 aromatic heterocycles. The van der Waals surface area contributed by atoms with Crippen LogP contribution in [0.3, 0.4) is 0 Å². The Morgan fingerprint density at radius 2 is 1.82 bits per heavy atom. The lowest BCUT2D eigenvalue weighted by molar-refractivity contribution is 0.0978. The van der Waals surface area contributed by atoms with Gasteiger partial charge in [0.05, 0.1) is 5.69 Å². The molecule has 1 atom stereocenters. The third-order valence-electron chi connectivity index (χ3n) is 3.67. The third kappa shape index (κ3) is 2.73. The molecule has 2 aromatic rings. The van der Waals surface area contributed by atoms with Crippen molar-refractivity contribution in [3.8, 4) is 0 Å². The van der Waals surface area contributed by atoms with Crippen LogP contribution in [0, 0.1) is 11.6 Å². The molecule has 1 aliphatic heterocycles. The smallest absolute Gasteiger partial charge is 0.264 e. The molecule has 3 rings (SSSR count). The maximum Gasteiger partial charge on any atom is 0.264 e. The number of benzene rings is 2. The van der Waals surface area contributed by atoms with E-state index in [4.69, 9.17) is 0 Å². The van der Waals surface area contributed by atoms with Gasteiger partial charge >= 0.3 is 0 Å². The zero-order valence-electron chi connectivity index (χ0n) is 12.1. The van der Waals surface area contributed by atoms with Gasteiger partial charge in [0.1, 0.15) is 17.2 Å². The molecule has 0 saturated heterocycles. The lowest BCUT2D eigenvalue weighted by Gasteiger charge is -2.23. The first-order chi connectivity index (χ1) is 10.6. The van der Waals surface area contributed by atoms with Gasteiger partial charge in [0.25, 0.3) is 5.91 Å². The molecule has 22 heavy (non-hydrogen) atoms. The van der Waals surface area contributed by atoms with E-state index in [1.165, 1.54) is 11.0 Å². The average molecular weight is 319 g/mol. The van der Waals surface area contributed by atoms with Crippen molar-refractivity contribution in [3.63, 3.8) is 0 Å². The highest BCUT2D eigenvalue weighted by atomic mass is 32.2. The molecule has 0 spiro atoms. The molecule has 114 valence electrons. The number of thioether (sulfide) groups is 1. The van der Waals surface area contributed by atoms with E-state index in [0.29, 0.717) is 17.5 Å². The molecule has 5 heteroatoms. The van der Waals surface area contributed by atoms with Crippen molar-refractivity contribution in [3.05, 3.63) is 59.7 Å². The molecule has 2 nitrogen and oxygen atoms in total. The summed E-state index contributed by atoms with van der Waals surface area (Å²) in [4.78, 5) is 15.1. The number of carbonyl (C=O) groups is 1. The fourth-order valence-electron chi connectivity index (χ4n) is 2.53. The average Bonchev–Trinajstić information content (AvgIpc) is 2.65. The summed E-state index contributed by atoms with van der Waals surface area (Å²) >= 11 is 1.68. The van der Waals surface area contributed by atoms with Crippen molar-refractivity contribution < 1.29 is 13.6 Å². The number of para-hydroxylation sites is 1. The van der Waals surface area contributed by atoms with Crippen molar-refractivity contribution in [2.24, 2.45) is 0 Å². The molecule has 0 aliphatic carbocycles. The molecule has 0 bridgehead atoms. The van der Waals surface area contributed by atoms with Gasteiger partial charge in [0.2, 0.25) is 0 Å². The van der Waals surface area contributed by atoms with Crippen LogP contribution in [0.2, 0.25) is 0 Å². The summed E-state index contributed by atoms with van der Waals surface area (Å²) in [5.41, 5.74) is 0.223. The molecular formula is C17H15F2NOS. The van der Waals surface area contributed by atoms with Crippen LogP contribution in [-0.2, 0) is 0 Å². The van der Waals surface area contributed by atoms with Crippen LogP contribution in [0.25, 0.3) is 0 Å². The largest absolute Gasteiger partial charge is 0.307 e. The predicted octanol–water partition coefficient (Wildman–Crippen LogP) is 4.50. The molecule has 1 unspecified atom stereocenters. The van der Waals surface area contributed by atoms with E-state index < -0.39 is 23.1 Å². The lowest BCUT2D eigenvalue weighted by Crippen LogP contribution is -2.33. The normalized spacial score (nSPS) is 17.8. The molecule has 2 aromatic carbocycles. The SMILES string of the molecule is CC1CCN(C(=O)c2c(F)cccc2F)c2ccccc2S1. The van der Waals surface area contributed by atoms with Crippen LogP contribution < -0.4 is 4.90 Å². The van der Waals surface area contributed by atoms with E-state index in [2.05, 4.69) is 6.92 Å². The minimum absolute atomic E-state index is 0.337. The van der Waals surface area contributed by atoms with Gasteiger partial charge in [-0.25, -0.2) is 8.78 Å². The standard InChI is InChI=1S/C17H15F2NOS/c1-11-9-10-20(14-7-2-3-8-15(14)22-11)17(21)16-12(18)5-4-6-13(16)19/h2-8,11H,9-10H2,1H3. The second-order valence-electron chi connectivity index (χ2n) is 5.24. The quantitative estimate of drug-likeness (QED) is 0.771. The van der Waals surface area contributed by atoms with Crippen LogP contribution in [0.15, 0.2) is 47.4 Å². The fourth-order valence-corrected chi connectivity index (χ4v) is 3.65. The third-order valence-corrected chi connectivity index (χ3v) is 4.90. The minimum Gasteiger partial charge on any atom is -0.307 e. The Hall–Kier alpha value is -1.88. The molecule has 0 N–H and O–H groups in total. The lowest BCUT2D eigenvalue weighted by atomic mass is 10.1. The number of carbonyl (C=O) groups excluding carboxylic acids is 1. The number of hydrogen-bond donors (Lipinski definition) is 0. The summed E-state index contributed by atoms with van der Waals surface area (Å²) in [6, 6.07) is 10.9. The highest BCUT2D eigenvalue weighted by Gasteiger charge is 2.28. The predicted molar refractivity (Wildman–Crippen MR) is 84.4 cm³/mol. The number of hydrogen-bond acceptors (Lipinski definition) is 2. The molecule has 1 heterocycles. The van der Waals surface area contributed by atoms with E-state index in [1.54, 1.807) is 11.8 Å². The van der Waals surface area contributed by atoms with Crippen LogP contribution in [0.1, 0.15) is 23.7 Å². The summed E-state index contributed by atoms with van der Waals surface area (Å²) in [5.74, 6) is -2.28. The van der Waals surface area contributed by atoms with Crippen molar-refractivity contribution in [1.29, 1.82) is 0 Å². The number of anilines is 1. The second kappa shape index (κ2) is 6.08. The van der Waals surface area contributed by atoms with Gasteiger partial charge in [0, 0.05) is 16.7 Å². The Bertz CT molecular complexity index is 699. The maximum absolute atomic E-state index is 13.9. The first-order valence-electron chi connectivity index (χ1n) is 7.09. The molecule has 0 fully saturated rings. The highest BCUT2D eigenvalue weighted by molar-refractivity contribution is 8.00. The topological polar surface area (TPSA) is 20.3 Å². The zero-order valence-corrected chi connectivity index (χ0v) is 12.9. The van der Waals surface area contributed by atoms with E-state index in [1.807, 2.05) is 24.3 Å². The molecular weight excluding hydrogens is 304 g/mol. The minimum atomic E-state index is -0.826. The van der Waals surface area contributed by atoms with Gasteiger partial charge in [-0.2, -0.15) is 0 Å². The van der Waals surface area contributed by atoms with Crippen LogP contribution in [0.4, 0.5) is 14.5 Å². The fraction of sp³-hybridized carbons (Fsp3) is 0.235. The Kier molecular flexibility index (Phi) is 4.16. The van der Waals surface area contributed by atoms with Gasteiger partial charge in [-0.1, -0.05) is 25.1 Å². The van der Waals surface area contributed by atoms with Gasteiger partial charge in [0.15, 0.2) is 0 Å². The van der Waals surface area contributed by atoms with E-state index in [0.717, 1.165) is 23.4 Å².